The Morgan fingerprint density at radius 3 is 3.11 bits per heavy atom. The molecule has 0 spiro atoms. The summed E-state index contributed by atoms with van der Waals surface area (Å²) in [4.78, 5) is 5.52. The van der Waals surface area contributed by atoms with Gasteiger partial charge in [-0.15, -0.1) is 11.3 Å². The minimum atomic E-state index is 0.758. The highest BCUT2D eigenvalue weighted by atomic mass is 35.5. The predicted molar refractivity (Wildman–Crippen MR) is 75.6 cm³/mol. The van der Waals surface area contributed by atoms with Crippen LogP contribution < -0.4 is 5.32 Å². The first-order valence-corrected chi connectivity index (χ1v) is 6.97. The summed E-state index contributed by atoms with van der Waals surface area (Å²) in [6.45, 7) is 2.41. The SMILES string of the molecule is COCCCNc1nccn1Cc1ccc(Cl)s1. The molecule has 0 bridgehead atoms. The van der Waals surface area contributed by atoms with E-state index in [2.05, 4.69) is 14.9 Å². The van der Waals surface area contributed by atoms with Crippen LogP contribution in [-0.4, -0.2) is 29.8 Å². The van der Waals surface area contributed by atoms with Gasteiger partial charge in [0.2, 0.25) is 5.95 Å². The lowest BCUT2D eigenvalue weighted by molar-refractivity contribution is 0.197. The Morgan fingerprint density at radius 1 is 1.50 bits per heavy atom. The molecule has 98 valence electrons. The average Bonchev–Trinajstić information content (AvgIpc) is 2.95. The molecule has 0 aliphatic carbocycles. The van der Waals surface area contributed by atoms with E-state index in [-0.39, 0.29) is 0 Å². The standard InChI is InChI=1S/C12H16ClN3OS/c1-17-8-2-5-14-12-15-6-7-16(12)9-10-3-4-11(13)18-10/h3-4,6-7H,2,5,8-9H2,1H3,(H,14,15). The number of rotatable bonds is 7. The van der Waals surface area contributed by atoms with Crippen molar-refractivity contribution in [2.75, 3.05) is 25.6 Å². The lowest BCUT2D eigenvalue weighted by atomic mass is 10.4. The van der Waals surface area contributed by atoms with E-state index >= 15 is 0 Å². The fourth-order valence-corrected chi connectivity index (χ4v) is 2.71. The number of hydrogen-bond donors (Lipinski definition) is 1. The number of nitrogens with zero attached hydrogens (tertiary/aromatic N) is 2. The van der Waals surface area contributed by atoms with E-state index in [1.807, 2.05) is 18.3 Å². The number of hydrogen-bond acceptors (Lipinski definition) is 4. The predicted octanol–water partition coefficient (Wildman–Crippen LogP) is 3.09. The molecule has 4 nitrogen and oxygen atoms in total. The van der Waals surface area contributed by atoms with Crippen LogP contribution in [0.2, 0.25) is 4.34 Å². The Kier molecular flexibility index (Phi) is 5.04. The van der Waals surface area contributed by atoms with E-state index in [4.69, 9.17) is 16.3 Å². The number of ether oxygens (including phenoxy) is 1. The van der Waals surface area contributed by atoms with Crippen LogP contribution in [-0.2, 0) is 11.3 Å². The third-order valence-electron chi connectivity index (χ3n) is 2.48. The summed E-state index contributed by atoms with van der Waals surface area (Å²) in [5.74, 6) is 0.885. The molecule has 18 heavy (non-hydrogen) atoms. The summed E-state index contributed by atoms with van der Waals surface area (Å²) < 4.78 is 7.91. The van der Waals surface area contributed by atoms with Crippen molar-refractivity contribution in [2.24, 2.45) is 0 Å². The molecule has 0 saturated carbocycles. The fraction of sp³-hybridized carbons (Fsp3) is 0.417. The molecule has 0 aromatic carbocycles. The molecule has 0 fully saturated rings. The van der Waals surface area contributed by atoms with Crippen LogP contribution in [0.15, 0.2) is 24.5 Å². The first-order valence-electron chi connectivity index (χ1n) is 5.78. The van der Waals surface area contributed by atoms with Crippen LogP contribution in [0, 0.1) is 0 Å². The smallest absolute Gasteiger partial charge is 0.203 e. The number of thiophene rings is 1. The van der Waals surface area contributed by atoms with Crippen molar-refractivity contribution in [3.8, 4) is 0 Å². The Hall–Kier alpha value is -1.04. The molecule has 0 saturated heterocycles. The van der Waals surface area contributed by atoms with E-state index < -0.39 is 0 Å². The molecular weight excluding hydrogens is 270 g/mol. The van der Waals surface area contributed by atoms with Crippen LogP contribution in [0.3, 0.4) is 0 Å². The molecule has 0 aliphatic heterocycles. The molecule has 0 atom stereocenters. The zero-order valence-electron chi connectivity index (χ0n) is 10.2. The highest BCUT2D eigenvalue weighted by Gasteiger charge is 2.04. The maximum Gasteiger partial charge on any atom is 0.203 e. The topological polar surface area (TPSA) is 39.1 Å². The number of aromatic nitrogens is 2. The van der Waals surface area contributed by atoms with Crippen molar-refractivity contribution in [2.45, 2.75) is 13.0 Å². The van der Waals surface area contributed by atoms with Gasteiger partial charge in [-0.25, -0.2) is 4.98 Å². The highest BCUT2D eigenvalue weighted by Crippen LogP contribution is 2.23. The number of halogens is 1. The van der Waals surface area contributed by atoms with Gasteiger partial charge in [-0.1, -0.05) is 11.6 Å². The highest BCUT2D eigenvalue weighted by molar-refractivity contribution is 7.16. The number of anilines is 1. The lowest BCUT2D eigenvalue weighted by Crippen LogP contribution is -2.10. The maximum atomic E-state index is 5.92. The average molecular weight is 286 g/mol. The van der Waals surface area contributed by atoms with E-state index in [0.29, 0.717) is 0 Å². The zero-order valence-corrected chi connectivity index (χ0v) is 11.8. The van der Waals surface area contributed by atoms with Gasteiger partial charge in [0.25, 0.3) is 0 Å². The summed E-state index contributed by atoms with van der Waals surface area (Å²) in [5.41, 5.74) is 0. The van der Waals surface area contributed by atoms with Crippen molar-refractivity contribution < 1.29 is 4.74 Å². The van der Waals surface area contributed by atoms with Crippen LogP contribution >= 0.6 is 22.9 Å². The second-order valence-corrected chi connectivity index (χ2v) is 5.66. The Labute approximate surface area is 116 Å². The molecule has 2 aromatic rings. The van der Waals surface area contributed by atoms with Crippen LogP contribution in [0.4, 0.5) is 5.95 Å². The monoisotopic (exact) mass is 285 g/mol. The molecule has 2 rings (SSSR count). The van der Waals surface area contributed by atoms with Crippen LogP contribution in [0.5, 0.6) is 0 Å². The third-order valence-corrected chi connectivity index (χ3v) is 3.69. The van der Waals surface area contributed by atoms with Gasteiger partial charge in [-0.3, -0.25) is 0 Å². The van der Waals surface area contributed by atoms with E-state index in [0.717, 1.165) is 36.4 Å². The second-order valence-electron chi connectivity index (χ2n) is 3.86. The summed E-state index contributed by atoms with van der Waals surface area (Å²) in [5, 5.41) is 3.30. The Bertz CT molecular complexity index is 483. The van der Waals surface area contributed by atoms with Gasteiger partial charge >= 0.3 is 0 Å². The van der Waals surface area contributed by atoms with Crippen molar-refractivity contribution in [3.05, 3.63) is 33.7 Å². The summed E-state index contributed by atoms with van der Waals surface area (Å²) >= 11 is 7.52. The maximum absolute atomic E-state index is 5.92. The van der Waals surface area contributed by atoms with Gasteiger partial charge < -0.3 is 14.6 Å². The van der Waals surface area contributed by atoms with Crippen molar-refractivity contribution in [3.63, 3.8) is 0 Å². The molecule has 0 amide bonds. The summed E-state index contributed by atoms with van der Waals surface area (Å²) in [6.07, 6.45) is 4.73. The quantitative estimate of drug-likeness (QED) is 0.795. The van der Waals surface area contributed by atoms with Gasteiger partial charge in [0, 0.05) is 37.5 Å². The Balaban J connectivity index is 1.91. The van der Waals surface area contributed by atoms with Crippen LogP contribution in [0.25, 0.3) is 0 Å². The summed E-state index contributed by atoms with van der Waals surface area (Å²) in [7, 11) is 1.71. The molecule has 6 heteroatoms. The lowest BCUT2D eigenvalue weighted by Gasteiger charge is -2.08. The van der Waals surface area contributed by atoms with Gasteiger partial charge in [0.15, 0.2) is 0 Å². The number of imidazole rings is 1. The van der Waals surface area contributed by atoms with Gasteiger partial charge in [0.05, 0.1) is 10.9 Å². The van der Waals surface area contributed by atoms with Crippen molar-refractivity contribution >= 4 is 28.9 Å². The molecule has 2 heterocycles. The molecular formula is C12H16ClN3OS. The van der Waals surface area contributed by atoms with E-state index in [1.165, 1.54) is 4.88 Å². The zero-order chi connectivity index (χ0) is 12.8. The van der Waals surface area contributed by atoms with Gasteiger partial charge in [-0.05, 0) is 18.6 Å². The third kappa shape index (κ3) is 3.73. The van der Waals surface area contributed by atoms with Crippen molar-refractivity contribution in [1.29, 1.82) is 0 Å². The molecule has 0 unspecified atom stereocenters. The first-order chi connectivity index (χ1) is 8.79. The fourth-order valence-electron chi connectivity index (χ4n) is 1.63. The molecule has 1 N–H and O–H groups in total. The van der Waals surface area contributed by atoms with E-state index in [1.54, 1.807) is 24.6 Å². The van der Waals surface area contributed by atoms with Gasteiger partial charge in [-0.2, -0.15) is 0 Å². The number of methoxy groups -OCH3 is 1. The largest absolute Gasteiger partial charge is 0.385 e. The van der Waals surface area contributed by atoms with Crippen molar-refractivity contribution in [1.82, 2.24) is 9.55 Å². The van der Waals surface area contributed by atoms with Crippen LogP contribution in [0.1, 0.15) is 11.3 Å². The van der Waals surface area contributed by atoms with E-state index in [9.17, 15) is 0 Å². The molecule has 0 radical (unpaired) electrons. The molecule has 2 aromatic heterocycles. The normalized spacial score (nSPS) is 10.8. The Morgan fingerprint density at radius 2 is 2.39 bits per heavy atom. The number of nitrogens with one attached hydrogen (secondary N) is 1. The minimum absolute atomic E-state index is 0.758. The van der Waals surface area contributed by atoms with Gasteiger partial charge in [0.1, 0.15) is 0 Å². The minimum Gasteiger partial charge on any atom is -0.385 e. The summed E-state index contributed by atoms with van der Waals surface area (Å²) in [6, 6.07) is 3.96. The first kappa shape index (κ1) is 13.4. The second kappa shape index (κ2) is 6.78. The molecule has 0 aliphatic rings.